The number of halogens is 1. The van der Waals surface area contributed by atoms with E-state index in [9.17, 15) is 4.79 Å². The SMILES string of the molecule is COc1cc(C(=O)Oc2c(C)cccc2C)cc(Cl)c1OC(C)C. The van der Waals surface area contributed by atoms with Crippen molar-refractivity contribution in [1.82, 2.24) is 0 Å². The summed E-state index contributed by atoms with van der Waals surface area (Å²) in [6, 6.07) is 8.79. The second kappa shape index (κ2) is 7.58. The Kier molecular flexibility index (Phi) is 5.73. The maximum absolute atomic E-state index is 12.5. The van der Waals surface area contributed by atoms with Gasteiger partial charge in [0, 0.05) is 0 Å². The first-order chi connectivity index (χ1) is 11.3. The summed E-state index contributed by atoms with van der Waals surface area (Å²) in [7, 11) is 1.50. The van der Waals surface area contributed by atoms with E-state index in [0.29, 0.717) is 27.8 Å². The fraction of sp³-hybridized carbons (Fsp3) is 0.316. The first kappa shape index (κ1) is 18.1. The van der Waals surface area contributed by atoms with Crippen molar-refractivity contribution in [2.45, 2.75) is 33.8 Å². The Morgan fingerprint density at radius 3 is 2.25 bits per heavy atom. The van der Waals surface area contributed by atoms with E-state index in [0.717, 1.165) is 11.1 Å². The molecule has 128 valence electrons. The Labute approximate surface area is 147 Å². The van der Waals surface area contributed by atoms with E-state index in [1.807, 2.05) is 45.9 Å². The van der Waals surface area contributed by atoms with Crippen LogP contribution < -0.4 is 14.2 Å². The molecule has 0 saturated heterocycles. The van der Waals surface area contributed by atoms with Gasteiger partial charge < -0.3 is 14.2 Å². The number of ether oxygens (including phenoxy) is 3. The van der Waals surface area contributed by atoms with Gasteiger partial charge in [-0.25, -0.2) is 4.79 Å². The monoisotopic (exact) mass is 348 g/mol. The summed E-state index contributed by atoms with van der Waals surface area (Å²) in [4.78, 5) is 12.5. The molecule has 2 aromatic rings. The van der Waals surface area contributed by atoms with Gasteiger partial charge in [0.05, 0.1) is 23.8 Å². The number of carbonyl (C=O) groups excluding carboxylic acids is 1. The highest BCUT2D eigenvalue weighted by molar-refractivity contribution is 6.32. The van der Waals surface area contributed by atoms with Gasteiger partial charge in [-0.1, -0.05) is 29.8 Å². The lowest BCUT2D eigenvalue weighted by Gasteiger charge is -2.16. The topological polar surface area (TPSA) is 44.8 Å². The van der Waals surface area contributed by atoms with Crippen LogP contribution in [0.3, 0.4) is 0 Å². The van der Waals surface area contributed by atoms with Crippen LogP contribution in [-0.4, -0.2) is 19.2 Å². The van der Waals surface area contributed by atoms with Gasteiger partial charge in [0.2, 0.25) is 0 Å². The van der Waals surface area contributed by atoms with E-state index < -0.39 is 5.97 Å². The Hall–Kier alpha value is -2.20. The van der Waals surface area contributed by atoms with E-state index in [1.54, 1.807) is 6.07 Å². The van der Waals surface area contributed by atoms with Crippen molar-refractivity contribution in [2.75, 3.05) is 7.11 Å². The summed E-state index contributed by atoms with van der Waals surface area (Å²) < 4.78 is 16.5. The van der Waals surface area contributed by atoms with E-state index in [1.165, 1.54) is 13.2 Å². The Bertz CT molecular complexity index is 733. The zero-order valence-electron chi connectivity index (χ0n) is 14.5. The van der Waals surface area contributed by atoms with Crippen molar-refractivity contribution in [2.24, 2.45) is 0 Å². The third kappa shape index (κ3) is 4.01. The maximum atomic E-state index is 12.5. The number of benzene rings is 2. The average Bonchev–Trinajstić information content (AvgIpc) is 2.52. The van der Waals surface area contributed by atoms with Crippen molar-refractivity contribution in [3.63, 3.8) is 0 Å². The number of carbonyl (C=O) groups is 1. The number of methoxy groups -OCH3 is 1. The standard InChI is InChI=1S/C19H21ClO4/c1-11(2)23-18-15(20)9-14(10-16(18)22-5)19(21)24-17-12(3)7-6-8-13(17)4/h6-11H,1-5H3. The summed E-state index contributed by atoms with van der Waals surface area (Å²) >= 11 is 6.25. The molecule has 0 spiro atoms. The Morgan fingerprint density at radius 1 is 1.08 bits per heavy atom. The minimum atomic E-state index is -0.497. The summed E-state index contributed by atoms with van der Waals surface area (Å²) in [6.45, 7) is 7.56. The minimum Gasteiger partial charge on any atom is -0.493 e. The van der Waals surface area contributed by atoms with Crippen LogP contribution >= 0.6 is 11.6 Å². The van der Waals surface area contributed by atoms with E-state index >= 15 is 0 Å². The molecule has 5 heteroatoms. The van der Waals surface area contributed by atoms with Crippen LogP contribution in [0.25, 0.3) is 0 Å². The highest BCUT2D eigenvalue weighted by atomic mass is 35.5. The van der Waals surface area contributed by atoms with Crippen molar-refractivity contribution >= 4 is 17.6 Å². The molecule has 0 aromatic heterocycles. The molecule has 0 unspecified atom stereocenters. The molecule has 0 fully saturated rings. The molecule has 0 bridgehead atoms. The highest BCUT2D eigenvalue weighted by Gasteiger charge is 2.19. The van der Waals surface area contributed by atoms with E-state index in [-0.39, 0.29) is 6.10 Å². The Balaban J connectivity index is 2.35. The maximum Gasteiger partial charge on any atom is 0.343 e. The van der Waals surface area contributed by atoms with Gasteiger partial charge in [-0.15, -0.1) is 0 Å². The normalized spacial score (nSPS) is 10.6. The summed E-state index contributed by atoms with van der Waals surface area (Å²) in [5.74, 6) is 0.867. The molecule has 0 amide bonds. The third-order valence-electron chi connectivity index (χ3n) is 3.42. The lowest BCUT2D eigenvalue weighted by molar-refractivity contribution is 0.0732. The minimum absolute atomic E-state index is 0.0659. The molecule has 0 saturated carbocycles. The largest absolute Gasteiger partial charge is 0.493 e. The molecular weight excluding hydrogens is 328 g/mol. The molecule has 2 rings (SSSR count). The number of para-hydroxylation sites is 1. The summed E-state index contributed by atoms with van der Waals surface area (Å²) in [5.41, 5.74) is 2.08. The smallest absolute Gasteiger partial charge is 0.343 e. The van der Waals surface area contributed by atoms with Gasteiger partial charge in [-0.2, -0.15) is 0 Å². The molecule has 0 atom stereocenters. The average molecular weight is 349 g/mol. The summed E-state index contributed by atoms with van der Waals surface area (Å²) in [6.07, 6.45) is -0.0659. The molecule has 0 aliphatic rings. The van der Waals surface area contributed by atoms with Crippen LogP contribution in [0.4, 0.5) is 0 Å². The van der Waals surface area contributed by atoms with Crippen molar-refractivity contribution in [3.05, 3.63) is 52.0 Å². The molecule has 0 aliphatic heterocycles. The number of aryl methyl sites for hydroxylation is 2. The summed E-state index contributed by atoms with van der Waals surface area (Å²) in [5, 5.41) is 0.302. The van der Waals surface area contributed by atoms with Crippen LogP contribution in [0.2, 0.25) is 5.02 Å². The fourth-order valence-electron chi connectivity index (χ4n) is 2.30. The molecule has 0 radical (unpaired) electrons. The molecule has 2 aromatic carbocycles. The van der Waals surface area contributed by atoms with Gasteiger partial charge in [-0.3, -0.25) is 0 Å². The van der Waals surface area contributed by atoms with Gasteiger partial charge >= 0.3 is 5.97 Å². The quantitative estimate of drug-likeness (QED) is 0.565. The van der Waals surface area contributed by atoms with Crippen LogP contribution in [0.1, 0.15) is 35.3 Å². The van der Waals surface area contributed by atoms with E-state index in [4.69, 9.17) is 25.8 Å². The lowest BCUT2D eigenvalue weighted by Crippen LogP contribution is -2.12. The zero-order chi connectivity index (χ0) is 17.9. The second-order valence-electron chi connectivity index (χ2n) is 5.77. The fourth-order valence-corrected chi connectivity index (χ4v) is 2.55. The molecule has 0 N–H and O–H groups in total. The highest BCUT2D eigenvalue weighted by Crippen LogP contribution is 2.37. The predicted octanol–water partition coefficient (Wildman–Crippen LogP) is 4.97. The van der Waals surface area contributed by atoms with E-state index in [2.05, 4.69) is 0 Å². The number of hydrogen-bond donors (Lipinski definition) is 0. The van der Waals surface area contributed by atoms with Crippen LogP contribution in [0.5, 0.6) is 17.2 Å². The van der Waals surface area contributed by atoms with Crippen LogP contribution in [-0.2, 0) is 0 Å². The van der Waals surface area contributed by atoms with Crippen molar-refractivity contribution in [1.29, 1.82) is 0 Å². The van der Waals surface area contributed by atoms with Crippen LogP contribution in [0, 0.1) is 13.8 Å². The molecule has 0 heterocycles. The van der Waals surface area contributed by atoms with Gasteiger partial charge in [0.1, 0.15) is 5.75 Å². The van der Waals surface area contributed by atoms with Crippen molar-refractivity contribution < 1.29 is 19.0 Å². The molecule has 0 aliphatic carbocycles. The van der Waals surface area contributed by atoms with Crippen LogP contribution in [0.15, 0.2) is 30.3 Å². The third-order valence-corrected chi connectivity index (χ3v) is 3.70. The molecular formula is C19H21ClO4. The van der Waals surface area contributed by atoms with Gasteiger partial charge in [0.15, 0.2) is 11.5 Å². The van der Waals surface area contributed by atoms with Gasteiger partial charge in [0.25, 0.3) is 0 Å². The first-order valence-electron chi connectivity index (χ1n) is 7.66. The predicted molar refractivity (Wildman–Crippen MR) is 94.6 cm³/mol. The lowest BCUT2D eigenvalue weighted by atomic mass is 10.1. The first-order valence-corrected chi connectivity index (χ1v) is 8.03. The van der Waals surface area contributed by atoms with Gasteiger partial charge in [-0.05, 0) is 51.0 Å². The number of hydrogen-bond acceptors (Lipinski definition) is 4. The molecule has 4 nitrogen and oxygen atoms in total. The number of esters is 1. The Morgan fingerprint density at radius 2 is 1.71 bits per heavy atom. The number of rotatable bonds is 5. The second-order valence-corrected chi connectivity index (χ2v) is 6.17. The zero-order valence-corrected chi connectivity index (χ0v) is 15.2. The molecule has 24 heavy (non-hydrogen) atoms. The van der Waals surface area contributed by atoms with Crippen molar-refractivity contribution in [3.8, 4) is 17.2 Å².